The number of thioether (sulfide) groups is 1. The summed E-state index contributed by atoms with van der Waals surface area (Å²) in [5.74, 6) is -0.763. The Morgan fingerprint density at radius 1 is 1.21 bits per heavy atom. The van der Waals surface area contributed by atoms with Crippen molar-refractivity contribution in [2.45, 2.75) is 11.3 Å². The molecule has 2 aromatic carbocycles. The van der Waals surface area contributed by atoms with Crippen molar-refractivity contribution in [2.75, 3.05) is 39.5 Å². The molecule has 0 saturated carbocycles. The van der Waals surface area contributed by atoms with E-state index >= 15 is 0 Å². The Bertz CT molecular complexity index is 1100. The van der Waals surface area contributed by atoms with Crippen molar-refractivity contribution in [1.82, 2.24) is 9.91 Å². The fourth-order valence-corrected chi connectivity index (χ4v) is 6.06. The number of benzene rings is 2. The quantitative estimate of drug-likeness (QED) is 0.738. The molecule has 0 unspecified atom stereocenters. The first-order chi connectivity index (χ1) is 16.0. The molecule has 2 atom stereocenters. The Kier molecular flexibility index (Phi) is 5.98. The van der Waals surface area contributed by atoms with Gasteiger partial charge in [0.2, 0.25) is 0 Å². The van der Waals surface area contributed by atoms with Crippen molar-refractivity contribution in [3.8, 4) is 5.75 Å². The molecule has 1 spiro atoms. The summed E-state index contributed by atoms with van der Waals surface area (Å²) in [5.41, 5.74) is 6.72. The van der Waals surface area contributed by atoms with E-state index in [9.17, 15) is 13.6 Å². The highest BCUT2D eigenvalue weighted by atomic mass is 32.2. The van der Waals surface area contributed by atoms with Gasteiger partial charge >= 0.3 is 6.03 Å². The van der Waals surface area contributed by atoms with E-state index < -0.39 is 16.5 Å². The summed E-state index contributed by atoms with van der Waals surface area (Å²) in [7, 11) is 0. The molecule has 0 radical (unpaired) electrons. The monoisotopic (exact) mass is 474 g/mol. The number of hydrogen-bond donors (Lipinski definition) is 1. The van der Waals surface area contributed by atoms with E-state index in [0.717, 1.165) is 23.8 Å². The maximum atomic E-state index is 14.8. The summed E-state index contributed by atoms with van der Waals surface area (Å²) in [6.45, 7) is 2.41. The van der Waals surface area contributed by atoms with E-state index in [4.69, 9.17) is 15.2 Å². The van der Waals surface area contributed by atoms with E-state index in [0.29, 0.717) is 51.6 Å². The average Bonchev–Trinajstić information content (AvgIpc) is 3.23. The largest absolute Gasteiger partial charge is 0.493 e. The average molecular weight is 475 g/mol. The standard InChI is InChI=1S/C23H24F2N4O3S/c24-16-5-6-19(25)17(13-16)21-27-29(22(30)28-9-11-31-12-10-28)23(33-21)15(7-8-26)14-32-20-4-2-1-3-18(20)23/h1-6,13,15H,7-12,14,26H2/t15-,23+/m1/s1. The summed E-state index contributed by atoms with van der Waals surface area (Å²) in [4.78, 5) is 14.5. The molecule has 2 aromatic rings. The van der Waals surface area contributed by atoms with Gasteiger partial charge in [-0.15, -0.1) is 0 Å². The topological polar surface area (TPSA) is 80.4 Å². The molecule has 33 heavy (non-hydrogen) atoms. The van der Waals surface area contributed by atoms with Gasteiger partial charge in [-0.2, -0.15) is 10.1 Å². The van der Waals surface area contributed by atoms with Crippen LogP contribution in [0.2, 0.25) is 0 Å². The molecule has 1 fully saturated rings. The zero-order valence-electron chi connectivity index (χ0n) is 17.9. The Hall–Kier alpha value is -2.69. The third kappa shape index (κ3) is 3.75. The Balaban J connectivity index is 1.67. The van der Waals surface area contributed by atoms with Gasteiger partial charge < -0.3 is 20.1 Å². The molecule has 0 aromatic heterocycles. The second kappa shape index (κ2) is 8.92. The molecule has 0 bridgehead atoms. The number of carbonyl (C=O) groups excluding carboxylic acids is 1. The molecule has 3 heterocycles. The van der Waals surface area contributed by atoms with Crippen molar-refractivity contribution < 1.29 is 23.0 Å². The van der Waals surface area contributed by atoms with Crippen molar-refractivity contribution in [3.63, 3.8) is 0 Å². The van der Waals surface area contributed by atoms with Gasteiger partial charge in [0.1, 0.15) is 22.4 Å². The Labute approximate surface area is 194 Å². The summed E-state index contributed by atoms with van der Waals surface area (Å²) in [6.07, 6.45) is 0.558. The molecule has 5 rings (SSSR count). The number of ether oxygens (including phenoxy) is 2. The highest BCUT2D eigenvalue weighted by Crippen LogP contribution is 2.57. The lowest BCUT2D eigenvalue weighted by Crippen LogP contribution is -2.56. The van der Waals surface area contributed by atoms with Crippen LogP contribution >= 0.6 is 11.8 Å². The van der Waals surface area contributed by atoms with Crippen LogP contribution in [0.15, 0.2) is 47.6 Å². The van der Waals surface area contributed by atoms with Gasteiger partial charge in [0.05, 0.1) is 19.8 Å². The predicted molar refractivity (Wildman–Crippen MR) is 121 cm³/mol. The molecule has 2 amide bonds. The minimum absolute atomic E-state index is 0.0205. The van der Waals surface area contributed by atoms with Gasteiger partial charge in [-0.1, -0.05) is 30.0 Å². The number of hydrazone groups is 1. The number of urea groups is 1. The SMILES string of the molecule is NCC[C@@H]1COc2ccccc2[C@@]12SC(c1cc(F)ccc1F)=NN2C(=O)N1CCOCC1. The number of morpholine rings is 1. The number of carbonyl (C=O) groups is 1. The maximum Gasteiger partial charge on any atom is 0.342 e. The van der Waals surface area contributed by atoms with E-state index in [-0.39, 0.29) is 22.6 Å². The van der Waals surface area contributed by atoms with Crippen molar-refractivity contribution in [2.24, 2.45) is 16.8 Å². The maximum absolute atomic E-state index is 14.8. The zero-order valence-corrected chi connectivity index (χ0v) is 18.7. The van der Waals surface area contributed by atoms with Gasteiger partial charge in [0.25, 0.3) is 0 Å². The minimum atomic E-state index is -1.00. The van der Waals surface area contributed by atoms with Crippen LogP contribution < -0.4 is 10.5 Å². The molecule has 7 nitrogen and oxygen atoms in total. The number of hydrogen-bond acceptors (Lipinski definition) is 6. The first kappa shape index (κ1) is 22.1. The molecular formula is C23H24F2N4O3S. The molecule has 3 aliphatic rings. The molecular weight excluding hydrogens is 450 g/mol. The first-order valence-electron chi connectivity index (χ1n) is 10.9. The van der Waals surface area contributed by atoms with Crippen LogP contribution in [0.1, 0.15) is 17.5 Å². The molecule has 2 N–H and O–H groups in total. The second-order valence-corrected chi connectivity index (χ2v) is 9.32. The number of amides is 2. The number of halogens is 2. The fraction of sp³-hybridized carbons (Fsp3) is 0.391. The minimum Gasteiger partial charge on any atom is -0.493 e. The summed E-state index contributed by atoms with van der Waals surface area (Å²) in [6, 6.07) is 10.4. The van der Waals surface area contributed by atoms with Gasteiger partial charge in [0, 0.05) is 30.1 Å². The molecule has 174 valence electrons. The number of fused-ring (bicyclic) bond motifs is 2. The molecule has 0 aliphatic carbocycles. The first-order valence-corrected chi connectivity index (χ1v) is 11.7. The van der Waals surface area contributed by atoms with Crippen LogP contribution in [0.4, 0.5) is 13.6 Å². The highest BCUT2D eigenvalue weighted by Gasteiger charge is 2.57. The summed E-state index contributed by atoms with van der Waals surface area (Å²) < 4.78 is 40.2. The molecule has 1 saturated heterocycles. The molecule has 10 heteroatoms. The van der Waals surface area contributed by atoms with Crippen LogP contribution in [-0.4, -0.2) is 60.4 Å². The van der Waals surface area contributed by atoms with Crippen LogP contribution in [0, 0.1) is 17.6 Å². The van der Waals surface area contributed by atoms with Gasteiger partial charge in [-0.25, -0.2) is 13.6 Å². The smallest absolute Gasteiger partial charge is 0.342 e. The number of nitrogens with zero attached hydrogens (tertiary/aromatic N) is 3. The Morgan fingerprint density at radius 2 is 2.00 bits per heavy atom. The third-order valence-corrected chi connectivity index (χ3v) is 7.69. The fourth-order valence-electron chi connectivity index (χ4n) is 4.54. The van der Waals surface area contributed by atoms with Gasteiger partial charge in [0.15, 0.2) is 4.87 Å². The number of rotatable bonds is 3. The van der Waals surface area contributed by atoms with E-state index in [1.54, 1.807) is 4.90 Å². The van der Waals surface area contributed by atoms with E-state index in [1.165, 1.54) is 16.8 Å². The van der Waals surface area contributed by atoms with Crippen LogP contribution in [0.25, 0.3) is 0 Å². The van der Waals surface area contributed by atoms with Crippen LogP contribution in [0.3, 0.4) is 0 Å². The van der Waals surface area contributed by atoms with Gasteiger partial charge in [-0.3, -0.25) is 0 Å². The Morgan fingerprint density at radius 3 is 2.79 bits per heavy atom. The van der Waals surface area contributed by atoms with Gasteiger partial charge in [-0.05, 0) is 37.2 Å². The predicted octanol–water partition coefficient (Wildman–Crippen LogP) is 3.34. The molecule has 3 aliphatic heterocycles. The van der Waals surface area contributed by atoms with E-state index in [1.807, 2.05) is 24.3 Å². The lowest BCUT2D eigenvalue weighted by Gasteiger charge is -2.46. The van der Waals surface area contributed by atoms with Crippen LogP contribution in [-0.2, 0) is 9.61 Å². The normalized spacial score (nSPS) is 24.5. The highest BCUT2D eigenvalue weighted by molar-refractivity contribution is 8.15. The number of para-hydroxylation sites is 1. The van der Waals surface area contributed by atoms with E-state index in [2.05, 4.69) is 5.10 Å². The lowest BCUT2D eigenvalue weighted by atomic mass is 9.87. The summed E-state index contributed by atoms with van der Waals surface area (Å²) in [5, 5.41) is 6.30. The number of nitrogens with two attached hydrogens (primary N) is 1. The van der Waals surface area contributed by atoms with Crippen molar-refractivity contribution in [3.05, 3.63) is 65.2 Å². The van der Waals surface area contributed by atoms with Crippen molar-refractivity contribution >= 4 is 22.8 Å². The van der Waals surface area contributed by atoms with Crippen LogP contribution in [0.5, 0.6) is 5.75 Å². The van der Waals surface area contributed by atoms with Crippen molar-refractivity contribution in [1.29, 1.82) is 0 Å². The lowest BCUT2D eigenvalue weighted by molar-refractivity contribution is 0.0231. The second-order valence-electron chi connectivity index (χ2n) is 8.10. The summed E-state index contributed by atoms with van der Waals surface area (Å²) >= 11 is 1.26. The zero-order chi connectivity index (χ0) is 23.0. The third-order valence-electron chi connectivity index (χ3n) is 6.16.